The number of rotatable bonds is 4. The number of amides is 1. The van der Waals surface area contributed by atoms with Crippen LogP contribution in [0.3, 0.4) is 0 Å². The third-order valence-electron chi connectivity index (χ3n) is 4.45. The van der Waals surface area contributed by atoms with Gasteiger partial charge in [0.25, 0.3) is 0 Å². The van der Waals surface area contributed by atoms with Crippen LogP contribution in [-0.4, -0.2) is 21.3 Å². The molecule has 2 N–H and O–H groups in total. The standard InChI is InChI=1S/C18H11Cl6NO3/c1-6-2-8(5-9(14(6)21)17(27)28)25-16(26)13-12(18(13,23)24)7-3-10(19)15(22)11(20)4-7/h2-5,12-13H,1H3,(H,25,26)(H,27,28)/t12-,13+/m0/s1. The summed E-state index contributed by atoms with van der Waals surface area (Å²) in [4.78, 5) is 24.1. The Bertz CT molecular complexity index is 984. The number of nitrogens with one attached hydrogen (secondary N) is 1. The SMILES string of the molecule is Cc1cc(NC(=O)[C@H]2[C@H](c3cc(Cl)c(Cl)c(Cl)c3)C2(Cl)Cl)cc(C(=O)O)c1Cl. The Morgan fingerprint density at radius 2 is 1.57 bits per heavy atom. The lowest BCUT2D eigenvalue weighted by Crippen LogP contribution is -2.17. The molecule has 2 aromatic carbocycles. The summed E-state index contributed by atoms with van der Waals surface area (Å²) in [5.74, 6) is -3.04. The molecule has 0 aromatic heterocycles. The topological polar surface area (TPSA) is 66.4 Å². The van der Waals surface area contributed by atoms with E-state index in [-0.39, 0.29) is 31.3 Å². The van der Waals surface area contributed by atoms with Crippen molar-refractivity contribution in [3.05, 3.63) is 61.0 Å². The first-order valence-electron chi connectivity index (χ1n) is 7.81. The minimum atomic E-state index is -1.37. The molecule has 1 aliphatic carbocycles. The Labute approximate surface area is 190 Å². The van der Waals surface area contributed by atoms with Crippen LogP contribution < -0.4 is 5.32 Å². The average molecular weight is 502 g/mol. The number of aryl methyl sites for hydroxylation is 1. The molecular weight excluding hydrogens is 491 g/mol. The third kappa shape index (κ3) is 3.91. The molecule has 148 valence electrons. The van der Waals surface area contributed by atoms with E-state index >= 15 is 0 Å². The minimum Gasteiger partial charge on any atom is -0.478 e. The Kier molecular flexibility index (Phi) is 6.04. The van der Waals surface area contributed by atoms with E-state index in [4.69, 9.17) is 69.6 Å². The summed E-state index contributed by atoms with van der Waals surface area (Å²) in [6.07, 6.45) is 0. The molecule has 28 heavy (non-hydrogen) atoms. The van der Waals surface area contributed by atoms with Gasteiger partial charge >= 0.3 is 5.97 Å². The molecule has 0 radical (unpaired) electrons. The Morgan fingerprint density at radius 1 is 1.00 bits per heavy atom. The fraction of sp³-hybridized carbons (Fsp3) is 0.222. The van der Waals surface area contributed by atoms with Gasteiger partial charge in [0.15, 0.2) is 0 Å². The number of halogens is 6. The molecule has 1 fully saturated rings. The highest BCUT2D eigenvalue weighted by Gasteiger charge is 2.67. The van der Waals surface area contributed by atoms with Gasteiger partial charge in [-0.2, -0.15) is 0 Å². The minimum absolute atomic E-state index is 0.101. The van der Waals surface area contributed by atoms with E-state index in [1.54, 1.807) is 25.1 Å². The molecule has 1 amide bonds. The Morgan fingerprint density at radius 3 is 2.11 bits per heavy atom. The number of carboxylic acid groups (broad SMARTS) is 1. The maximum Gasteiger partial charge on any atom is 0.337 e. The molecule has 2 aromatic rings. The molecule has 3 rings (SSSR count). The Balaban J connectivity index is 1.87. The highest BCUT2D eigenvalue weighted by atomic mass is 35.5. The average Bonchev–Trinajstić information content (AvgIpc) is 3.17. The number of benzene rings is 2. The van der Waals surface area contributed by atoms with Crippen molar-refractivity contribution in [1.82, 2.24) is 0 Å². The van der Waals surface area contributed by atoms with Gasteiger partial charge in [0.1, 0.15) is 4.33 Å². The molecule has 2 atom stereocenters. The molecule has 0 heterocycles. The predicted octanol–water partition coefficient (Wildman–Crippen LogP) is 6.83. The van der Waals surface area contributed by atoms with Crippen molar-refractivity contribution >= 4 is 87.2 Å². The quantitative estimate of drug-likeness (QED) is 0.356. The smallest absolute Gasteiger partial charge is 0.337 e. The van der Waals surface area contributed by atoms with E-state index in [2.05, 4.69) is 5.32 Å². The van der Waals surface area contributed by atoms with Gasteiger partial charge in [0, 0.05) is 11.6 Å². The van der Waals surface area contributed by atoms with E-state index in [0.29, 0.717) is 11.1 Å². The summed E-state index contributed by atoms with van der Waals surface area (Å²) in [6.45, 7) is 1.63. The lowest BCUT2D eigenvalue weighted by Gasteiger charge is -2.10. The molecule has 0 saturated heterocycles. The Hall–Kier alpha value is -0.880. The normalized spacial score (nSPS) is 20.0. The summed E-state index contributed by atoms with van der Waals surface area (Å²) in [6, 6.07) is 5.95. The van der Waals surface area contributed by atoms with E-state index in [1.807, 2.05) is 0 Å². The first-order chi connectivity index (χ1) is 12.9. The van der Waals surface area contributed by atoms with Crippen LogP contribution in [0, 0.1) is 12.8 Å². The summed E-state index contributed by atoms with van der Waals surface area (Å²) in [5.41, 5.74) is 1.22. The van der Waals surface area contributed by atoms with Gasteiger partial charge in [-0.15, -0.1) is 23.2 Å². The van der Waals surface area contributed by atoms with Crippen molar-refractivity contribution in [3.63, 3.8) is 0 Å². The van der Waals surface area contributed by atoms with Crippen LogP contribution in [0.5, 0.6) is 0 Å². The van der Waals surface area contributed by atoms with Crippen molar-refractivity contribution < 1.29 is 14.7 Å². The second kappa shape index (κ2) is 7.75. The van der Waals surface area contributed by atoms with Gasteiger partial charge in [-0.3, -0.25) is 4.79 Å². The number of hydrogen-bond donors (Lipinski definition) is 2. The number of aromatic carboxylic acids is 1. The largest absolute Gasteiger partial charge is 0.478 e. The maximum atomic E-state index is 12.7. The third-order valence-corrected chi connectivity index (χ3v) is 7.09. The van der Waals surface area contributed by atoms with Crippen LogP contribution in [0.2, 0.25) is 20.1 Å². The van der Waals surface area contributed by atoms with Crippen molar-refractivity contribution in [1.29, 1.82) is 0 Å². The molecule has 0 bridgehead atoms. The zero-order chi connectivity index (χ0) is 21.0. The highest BCUT2D eigenvalue weighted by molar-refractivity contribution is 6.54. The van der Waals surface area contributed by atoms with Crippen molar-refractivity contribution in [2.24, 2.45) is 5.92 Å². The van der Waals surface area contributed by atoms with Gasteiger partial charge in [-0.1, -0.05) is 46.4 Å². The van der Waals surface area contributed by atoms with E-state index in [9.17, 15) is 14.7 Å². The van der Waals surface area contributed by atoms with Crippen molar-refractivity contribution in [2.45, 2.75) is 17.2 Å². The van der Waals surface area contributed by atoms with Gasteiger partial charge < -0.3 is 10.4 Å². The molecular formula is C18H11Cl6NO3. The lowest BCUT2D eigenvalue weighted by atomic mass is 10.1. The second-order valence-electron chi connectivity index (χ2n) is 6.38. The zero-order valence-corrected chi connectivity index (χ0v) is 18.5. The summed E-state index contributed by atoms with van der Waals surface area (Å²) < 4.78 is -1.37. The van der Waals surface area contributed by atoms with Crippen LogP contribution in [0.4, 0.5) is 5.69 Å². The van der Waals surface area contributed by atoms with Crippen molar-refractivity contribution in [3.8, 4) is 0 Å². The number of hydrogen-bond acceptors (Lipinski definition) is 2. The molecule has 1 aliphatic rings. The lowest BCUT2D eigenvalue weighted by molar-refractivity contribution is -0.117. The molecule has 10 heteroatoms. The predicted molar refractivity (Wildman–Crippen MR) is 114 cm³/mol. The fourth-order valence-electron chi connectivity index (χ4n) is 3.04. The number of anilines is 1. The maximum absolute atomic E-state index is 12.7. The zero-order valence-electron chi connectivity index (χ0n) is 14.0. The summed E-state index contributed by atoms with van der Waals surface area (Å²) in [5, 5.41) is 12.6. The summed E-state index contributed by atoms with van der Waals surface area (Å²) >= 11 is 36.7. The fourth-order valence-corrected chi connectivity index (χ4v) is 4.67. The molecule has 1 saturated carbocycles. The van der Waals surface area contributed by atoms with Crippen molar-refractivity contribution in [2.75, 3.05) is 5.32 Å². The van der Waals surface area contributed by atoms with E-state index in [1.165, 1.54) is 6.07 Å². The van der Waals surface area contributed by atoms with Gasteiger partial charge in [-0.05, 0) is 42.3 Å². The number of carboxylic acids is 1. The van der Waals surface area contributed by atoms with Crippen LogP contribution in [0.15, 0.2) is 24.3 Å². The first-order valence-corrected chi connectivity index (χ1v) is 10.1. The highest BCUT2D eigenvalue weighted by Crippen LogP contribution is 2.65. The van der Waals surface area contributed by atoms with Gasteiger partial charge in [0.05, 0.1) is 31.6 Å². The number of carbonyl (C=O) groups excluding carboxylic acids is 1. The number of alkyl halides is 2. The van der Waals surface area contributed by atoms with Crippen LogP contribution in [-0.2, 0) is 4.79 Å². The summed E-state index contributed by atoms with van der Waals surface area (Å²) in [7, 11) is 0. The monoisotopic (exact) mass is 499 g/mol. The molecule has 0 spiro atoms. The molecule has 4 nitrogen and oxygen atoms in total. The van der Waals surface area contributed by atoms with E-state index < -0.39 is 28.0 Å². The van der Waals surface area contributed by atoms with Crippen LogP contribution in [0.25, 0.3) is 0 Å². The van der Waals surface area contributed by atoms with Crippen LogP contribution >= 0.6 is 69.6 Å². The van der Waals surface area contributed by atoms with Gasteiger partial charge in [0.2, 0.25) is 5.91 Å². The first kappa shape index (κ1) is 21.8. The second-order valence-corrected chi connectivity index (χ2v) is 9.39. The number of carbonyl (C=O) groups is 2. The molecule has 0 unspecified atom stereocenters. The van der Waals surface area contributed by atoms with E-state index in [0.717, 1.165) is 0 Å². The van der Waals surface area contributed by atoms with Gasteiger partial charge in [-0.25, -0.2) is 4.79 Å². The van der Waals surface area contributed by atoms with Crippen LogP contribution in [0.1, 0.15) is 27.4 Å². The molecule has 0 aliphatic heterocycles.